The second-order valence-electron chi connectivity index (χ2n) is 5.64. The lowest BCUT2D eigenvalue weighted by Gasteiger charge is -2.28. The highest BCUT2D eigenvalue weighted by molar-refractivity contribution is 5.89. The van der Waals surface area contributed by atoms with Gasteiger partial charge in [0.25, 0.3) is 0 Å². The highest BCUT2D eigenvalue weighted by Crippen LogP contribution is 2.35. The molecule has 1 unspecified atom stereocenters. The molecular formula is C18H19NO4. The first-order valence-electron chi connectivity index (χ1n) is 7.65. The lowest BCUT2D eigenvalue weighted by Crippen LogP contribution is -2.25. The molecule has 120 valence electrons. The van der Waals surface area contributed by atoms with Crippen molar-refractivity contribution in [3.63, 3.8) is 0 Å². The van der Waals surface area contributed by atoms with Crippen molar-refractivity contribution in [2.45, 2.75) is 26.3 Å². The maximum absolute atomic E-state index is 12.3. The Labute approximate surface area is 134 Å². The minimum absolute atomic E-state index is 0.0776. The molecule has 0 radical (unpaired) electrons. The van der Waals surface area contributed by atoms with E-state index in [1.54, 1.807) is 20.2 Å². The number of pyridine rings is 1. The number of carbonyl (C=O) groups is 1. The zero-order valence-corrected chi connectivity index (χ0v) is 13.5. The standard InChI is InChI=1S/C18H19NO4/c1-4-23-18(21)15-10-19-11(2)7-12-5-6-13(22-3)8-14(12)16(19)9-17(15)20/h5-6,8-11H,4,7H2,1-3H3. The molecule has 0 amide bonds. The molecule has 1 aliphatic heterocycles. The van der Waals surface area contributed by atoms with Gasteiger partial charge in [-0.3, -0.25) is 4.79 Å². The van der Waals surface area contributed by atoms with E-state index in [0.717, 1.165) is 23.4 Å². The molecule has 0 saturated heterocycles. The SMILES string of the molecule is CCOC(=O)c1cn2c(cc1=O)-c1cc(OC)ccc1CC2C. The van der Waals surface area contributed by atoms with Gasteiger partial charge in [-0.05, 0) is 38.0 Å². The number of benzene rings is 1. The van der Waals surface area contributed by atoms with Crippen LogP contribution >= 0.6 is 0 Å². The van der Waals surface area contributed by atoms with Crippen molar-refractivity contribution in [1.29, 1.82) is 0 Å². The predicted molar refractivity (Wildman–Crippen MR) is 87.1 cm³/mol. The highest BCUT2D eigenvalue weighted by atomic mass is 16.5. The summed E-state index contributed by atoms with van der Waals surface area (Å²) in [4.78, 5) is 24.3. The van der Waals surface area contributed by atoms with E-state index < -0.39 is 5.97 Å². The van der Waals surface area contributed by atoms with Gasteiger partial charge < -0.3 is 14.0 Å². The van der Waals surface area contributed by atoms with Crippen LogP contribution in [0, 0.1) is 0 Å². The van der Waals surface area contributed by atoms with Gasteiger partial charge in [-0.25, -0.2) is 4.79 Å². The normalized spacial score (nSPS) is 15.5. The number of hydrogen-bond acceptors (Lipinski definition) is 4. The van der Waals surface area contributed by atoms with Gasteiger partial charge in [-0.2, -0.15) is 0 Å². The summed E-state index contributed by atoms with van der Waals surface area (Å²) in [5, 5.41) is 0. The fourth-order valence-corrected chi connectivity index (χ4v) is 3.01. The topological polar surface area (TPSA) is 57.5 Å². The Bertz CT molecular complexity index is 822. The van der Waals surface area contributed by atoms with E-state index in [-0.39, 0.29) is 23.6 Å². The molecular weight excluding hydrogens is 294 g/mol. The Morgan fingerprint density at radius 1 is 1.35 bits per heavy atom. The average Bonchev–Trinajstić information content (AvgIpc) is 2.54. The molecule has 1 aromatic carbocycles. The summed E-state index contributed by atoms with van der Waals surface area (Å²) >= 11 is 0. The van der Waals surface area contributed by atoms with Crippen molar-refractivity contribution in [2.24, 2.45) is 0 Å². The minimum Gasteiger partial charge on any atom is -0.497 e. The largest absolute Gasteiger partial charge is 0.497 e. The van der Waals surface area contributed by atoms with Crippen molar-refractivity contribution in [3.8, 4) is 17.0 Å². The van der Waals surface area contributed by atoms with Gasteiger partial charge in [0, 0.05) is 23.9 Å². The smallest absolute Gasteiger partial charge is 0.343 e. The molecule has 5 heteroatoms. The lowest BCUT2D eigenvalue weighted by molar-refractivity contribution is 0.0523. The molecule has 1 atom stereocenters. The molecule has 0 bridgehead atoms. The van der Waals surface area contributed by atoms with Crippen LogP contribution in [-0.2, 0) is 11.2 Å². The molecule has 2 heterocycles. The first-order chi connectivity index (χ1) is 11.0. The van der Waals surface area contributed by atoms with Gasteiger partial charge in [0.05, 0.1) is 19.4 Å². The molecule has 0 saturated carbocycles. The van der Waals surface area contributed by atoms with Crippen LogP contribution in [0.5, 0.6) is 5.75 Å². The van der Waals surface area contributed by atoms with E-state index in [9.17, 15) is 9.59 Å². The number of rotatable bonds is 3. The summed E-state index contributed by atoms with van der Waals surface area (Å²) in [5.74, 6) is 0.170. The molecule has 1 aromatic heterocycles. The van der Waals surface area contributed by atoms with Crippen molar-refractivity contribution in [3.05, 3.63) is 51.8 Å². The predicted octanol–water partition coefficient (Wildman–Crippen LogP) is 2.82. The Kier molecular flexibility index (Phi) is 3.94. The summed E-state index contributed by atoms with van der Waals surface area (Å²) in [6.45, 7) is 4.03. The zero-order valence-electron chi connectivity index (χ0n) is 13.5. The number of hydrogen-bond donors (Lipinski definition) is 0. The van der Waals surface area contributed by atoms with Gasteiger partial charge in [-0.15, -0.1) is 0 Å². The second-order valence-corrected chi connectivity index (χ2v) is 5.64. The van der Waals surface area contributed by atoms with Crippen LogP contribution < -0.4 is 10.2 Å². The summed E-state index contributed by atoms with van der Waals surface area (Å²) in [7, 11) is 1.62. The lowest BCUT2D eigenvalue weighted by atomic mass is 9.92. The van der Waals surface area contributed by atoms with Crippen molar-refractivity contribution in [1.82, 2.24) is 4.57 Å². The van der Waals surface area contributed by atoms with E-state index >= 15 is 0 Å². The fraction of sp³-hybridized carbons (Fsp3) is 0.333. The maximum Gasteiger partial charge on any atom is 0.343 e. The average molecular weight is 313 g/mol. The quantitative estimate of drug-likeness (QED) is 0.818. The van der Waals surface area contributed by atoms with Gasteiger partial charge in [-0.1, -0.05) is 6.07 Å². The first kappa shape index (κ1) is 15.3. The minimum atomic E-state index is -0.573. The van der Waals surface area contributed by atoms with Crippen LogP contribution in [0.1, 0.15) is 35.8 Å². The number of carbonyl (C=O) groups excluding carboxylic acids is 1. The number of methoxy groups -OCH3 is 1. The van der Waals surface area contributed by atoms with E-state index in [4.69, 9.17) is 9.47 Å². The second kappa shape index (κ2) is 5.91. The van der Waals surface area contributed by atoms with E-state index in [1.165, 1.54) is 11.6 Å². The molecule has 0 fully saturated rings. The molecule has 1 aliphatic rings. The maximum atomic E-state index is 12.3. The summed E-state index contributed by atoms with van der Waals surface area (Å²) in [6, 6.07) is 7.54. The zero-order chi connectivity index (χ0) is 16.6. The van der Waals surface area contributed by atoms with Gasteiger partial charge in [0.1, 0.15) is 11.3 Å². The number of nitrogens with zero attached hydrogens (tertiary/aromatic N) is 1. The highest BCUT2D eigenvalue weighted by Gasteiger charge is 2.24. The van der Waals surface area contributed by atoms with Crippen LogP contribution in [0.3, 0.4) is 0 Å². The molecule has 5 nitrogen and oxygen atoms in total. The van der Waals surface area contributed by atoms with E-state index in [2.05, 4.69) is 6.92 Å². The fourth-order valence-electron chi connectivity index (χ4n) is 3.01. The molecule has 0 spiro atoms. The Morgan fingerprint density at radius 3 is 2.83 bits per heavy atom. The Morgan fingerprint density at radius 2 is 2.13 bits per heavy atom. The number of fused-ring (bicyclic) bond motifs is 3. The van der Waals surface area contributed by atoms with E-state index in [0.29, 0.717) is 0 Å². The molecule has 0 N–H and O–H groups in total. The first-order valence-corrected chi connectivity index (χ1v) is 7.65. The summed E-state index contributed by atoms with van der Waals surface area (Å²) in [6.07, 6.45) is 2.44. The summed E-state index contributed by atoms with van der Waals surface area (Å²) < 4.78 is 12.2. The molecule has 2 aromatic rings. The van der Waals surface area contributed by atoms with Crippen LogP contribution in [0.25, 0.3) is 11.3 Å². The third kappa shape index (κ3) is 2.63. The Hall–Kier alpha value is -2.56. The third-order valence-electron chi connectivity index (χ3n) is 4.16. The van der Waals surface area contributed by atoms with Crippen molar-refractivity contribution >= 4 is 5.97 Å². The molecule has 0 aliphatic carbocycles. The number of ether oxygens (including phenoxy) is 2. The van der Waals surface area contributed by atoms with E-state index in [1.807, 2.05) is 22.8 Å². The molecule has 23 heavy (non-hydrogen) atoms. The van der Waals surface area contributed by atoms with Crippen molar-refractivity contribution < 1.29 is 14.3 Å². The monoisotopic (exact) mass is 313 g/mol. The van der Waals surface area contributed by atoms with Gasteiger partial charge in [0.15, 0.2) is 5.43 Å². The van der Waals surface area contributed by atoms with Crippen molar-refractivity contribution in [2.75, 3.05) is 13.7 Å². The van der Waals surface area contributed by atoms with Crippen LogP contribution in [0.4, 0.5) is 0 Å². The van der Waals surface area contributed by atoms with Crippen LogP contribution in [0.15, 0.2) is 35.3 Å². The number of aromatic nitrogens is 1. The summed E-state index contributed by atoms with van der Waals surface area (Å²) in [5.41, 5.74) is 2.69. The van der Waals surface area contributed by atoms with Crippen LogP contribution in [-0.4, -0.2) is 24.3 Å². The third-order valence-corrected chi connectivity index (χ3v) is 4.16. The van der Waals surface area contributed by atoms with Gasteiger partial charge in [0.2, 0.25) is 0 Å². The van der Waals surface area contributed by atoms with Gasteiger partial charge >= 0.3 is 5.97 Å². The Balaban J connectivity index is 2.18. The number of esters is 1. The molecule has 3 rings (SSSR count). The van der Waals surface area contributed by atoms with Crippen LogP contribution in [0.2, 0.25) is 0 Å².